The summed E-state index contributed by atoms with van der Waals surface area (Å²) >= 11 is 0. The summed E-state index contributed by atoms with van der Waals surface area (Å²) < 4.78 is 0. The van der Waals surface area contributed by atoms with E-state index in [-0.39, 0.29) is 18.2 Å². The molecule has 3 rings (SSSR count). The number of Topliss-reactive ketones (excluding diaryl/α,β-unsaturated/α-hetero) is 1. The number of nitrogens with one attached hydrogen (secondary N) is 1. The number of carbonyl (C=O) groups is 2. The summed E-state index contributed by atoms with van der Waals surface area (Å²) in [7, 11) is 0. The molecule has 1 aliphatic heterocycles. The summed E-state index contributed by atoms with van der Waals surface area (Å²) in [5.41, 5.74) is 2.76. The Labute approximate surface area is 160 Å². The highest BCUT2D eigenvalue weighted by Crippen LogP contribution is 2.13. The van der Waals surface area contributed by atoms with Gasteiger partial charge in [-0.2, -0.15) is 0 Å². The molecule has 5 heteroatoms. The monoisotopic (exact) mass is 365 g/mol. The number of amides is 1. The standard InChI is InChI=1S/C22H27N3O2/c26-21(16-24-22(27)19-7-3-1-4-8-19)10-9-20-15-18(11-12-23-20)17-25-13-5-2-6-14-25/h1,3-4,7-8,11-12,15H,2,5-6,9-10,13-14,16-17H2,(H,24,27). The van der Waals surface area contributed by atoms with Crippen LogP contribution in [-0.4, -0.2) is 41.2 Å². The molecule has 1 aromatic heterocycles. The lowest BCUT2D eigenvalue weighted by Crippen LogP contribution is -2.29. The molecule has 0 radical (unpaired) electrons. The number of aromatic nitrogens is 1. The Hall–Kier alpha value is -2.53. The van der Waals surface area contributed by atoms with E-state index < -0.39 is 0 Å². The van der Waals surface area contributed by atoms with Gasteiger partial charge >= 0.3 is 0 Å². The Morgan fingerprint density at radius 3 is 2.59 bits per heavy atom. The van der Waals surface area contributed by atoms with E-state index in [1.165, 1.54) is 24.8 Å². The van der Waals surface area contributed by atoms with E-state index in [2.05, 4.69) is 27.3 Å². The van der Waals surface area contributed by atoms with Crippen molar-refractivity contribution in [1.29, 1.82) is 0 Å². The number of piperidine rings is 1. The molecule has 0 atom stereocenters. The maximum atomic E-state index is 12.1. The molecule has 2 aromatic rings. The zero-order valence-electron chi connectivity index (χ0n) is 15.7. The van der Waals surface area contributed by atoms with Crippen molar-refractivity contribution in [2.24, 2.45) is 0 Å². The van der Waals surface area contributed by atoms with E-state index in [4.69, 9.17) is 0 Å². The van der Waals surface area contributed by atoms with E-state index >= 15 is 0 Å². The van der Waals surface area contributed by atoms with Gasteiger partial charge in [0.1, 0.15) is 0 Å². The third-order valence-corrected chi connectivity index (χ3v) is 4.88. The van der Waals surface area contributed by atoms with Gasteiger partial charge in [-0.25, -0.2) is 0 Å². The van der Waals surface area contributed by atoms with Crippen LogP contribution in [0, 0.1) is 0 Å². The van der Waals surface area contributed by atoms with Crippen LogP contribution in [0.4, 0.5) is 0 Å². The van der Waals surface area contributed by atoms with Crippen molar-refractivity contribution in [3.05, 3.63) is 65.5 Å². The van der Waals surface area contributed by atoms with Gasteiger partial charge in [0.25, 0.3) is 5.91 Å². The lowest BCUT2D eigenvalue weighted by molar-refractivity contribution is -0.118. The molecule has 0 unspecified atom stereocenters. The van der Waals surface area contributed by atoms with Gasteiger partial charge in [0.05, 0.1) is 6.54 Å². The van der Waals surface area contributed by atoms with Crippen LogP contribution >= 0.6 is 0 Å². The Morgan fingerprint density at radius 2 is 1.81 bits per heavy atom. The van der Waals surface area contributed by atoms with Crippen molar-refractivity contribution in [2.75, 3.05) is 19.6 Å². The van der Waals surface area contributed by atoms with Crippen molar-refractivity contribution in [3.63, 3.8) is 0 Å². The molecule has 1 aromatic carbocycles. The molecule has 1 aliphatic rings. The molecule has 0 bridgehead atoms. The summed E-state index contributed by atoms with van der Waals surface area (Å²) in [4.78, 5) is 30.9. The smallest absolute Gasteiger partial charge is 0.251 e. The van der Waals surface area contributed by atoms with Crippen molar-refractivity contribution in [3.8, 4) is 0 Å². The lowest BCUT2D eigenvalue weighted by Gasteiger charge is -2.26. The fraction of sp³-hybridized carbons (Fsp3) is 0.409. The minimum Gasteiger partial charge on any atom is -0.345 e. The normalized spacial score (nSPS) is 14.7. The Bertz CT molecular complexity index is 755. The van der Waals surface area contributed by atoms with Crippen LogP contribution in [0.5, 0.6) is 0 Å². The number of carbonyl (C=O) groups excluding carboxylic acids is 2. The molecule has 27 heavy (non-hydrogen) atoms. The predicted molar refractivity (Wildman–Crippen MR) is 105 cm³/mol. The van der Waals surface area contributed by atoms with Crippen LogP contribution in [-0.2, 0) is 17.8 Å². The molecule has 2 heterocycles. The minimum atomic E-state index is -0.217. The molecule has 0 saturated carbocycles. The topological polar surface area (TPSA) is 62.3 Å². The second kappa shape index (κ2) is 9.97. The molecule has 5 nitrogen and oxygen atoms in total. The number of benzene rings is 1. The van der Waals surface area contributed by atoms with Crippen LogP contribution in [0.3, 0.4) is 0 Å². The summed E-state index contributed by atoms with van der Waals surface area (Å²) in [6.45, 7) is 3.34. The van der Waals surface area contributed by atoms with Crippen molar-refractivity contribution < 1.29 is 9.59 Å². The molecule has 0 spiro atoms. The van der Waals surface area contributed by atoms with E-state index in [0.717, 1.165) is 25.3 Å². The van der Waals surface area contributed by atoms with Gasteiger partial charge < -0.3 is 5.32 Å². The molecular weight excluding hydrogens is 338 g/mol. The zero-order chi connectivity index (χ0) is 18.9. The van der Waals surface area contributed by atoms with E-state index in [1.807, 2.05) is 12.3 Å². The number of hydrogen-bond acceptors (Lipinski definition) is 4. The quantitative estimate of drug-likeness (QED) is 0.781. The SMILES string of the molecule is O=C(CCc1cc(CN2CCCCC2)ccn1)CNC(=O)c1ccccc1. The molecule has 1 saturated heterocycles. The minimum absolute atomic E-state index is 0.0162. The van der Waals surface area contributed by atoms with Crippen LogP contribution < -0.4 is 5.32 Å². The molecular formula is C22H27N3O2. The average Bonchev–Trinajstić information content (AvgIpc) is 2.72. The Kier molecular flexibility index (Phi) is 7.11. The number of aryl methyl sites for hydroxylation is 1. The third kappa shape index (κ3) is 6.29. The van der Waals surface area contributed by atoms with Gasteiger partial charge in [-0.05, 0) is 62.2 Å². The van der Waals surface area contributed by atoms with E-state index in [1.54, 1.807) is 24.3 Å². The first kappa shape index (κ1) is 19.2. The largest absolute Gasteiger partial charge is 0.345 e. The second-order valence-corrected chi connectivity index (χ2v) is 7.08. The number of rotatable bonds is 8. The summed E-state index contributed by atoms with van der Waals surface area (Å²) in [6.07, 6.45) is 6.71. The highest BCUT2D eigenvalue weighted by Gasteiger charge is 2.12. The van der Waals surface area contributed by atoms with Crippen LogP contribution in [0.25, 0.3) is 0 Å². The first-order valence-electron chi connectivity index (χ1n) is 9.72. The number of pyridine rings is 1. The van der Waals surface area contributed by atoms with Crippen molar-refractivity contribution in [1.82, 2.24) is 15.2 Å². The molecule has 1 N–H and O–H groups in total. The fourth-order valence-electron chi connectivity index (χ4n) is 3.37. The maximum Gasteiger partial charge on any atom is 0.251 e. The van der Waals surface area contributed by atoms with Crippen LogP contribution in [0.1, 0.15) is 47.3 Å². The fourth-order valence-corrected chi connectivity index (χ4v) is 3.37. The molecule has 142 valence electrons. The van der Waals surface area contributed by atoms with Gasteiger partial charge in [0, 0.05) is 30.4 Å². The zero-order valence-corrected chi connectivity index (χ0v) is 15.7. The number of ketones is 1. The van der Waals surface area contributed by atoms with Crippen LogP contribution in [0.2, 0.25) is 0 Å². The summed E-state index contributed by atoms with van der Waals surface area (Å²) in [5, 5.41) is 2.68. The number of hydrogen-bond donors (Lipinski definition) is 1. The Balaban J connectivity index is 1.43. The molecule has 0 aliphatic carbocycles. The lowest BCUT2D eigenvalue weighted by atomic mass is 10.1. The Morgan fingerprint density at radius 1 is 1.04 bits per heavy atom. The predicted octanol–water partition coefficient (Wildman–Crippen LogP) is 3.00. The highest BCUT2D eigenvalue weighted by molar-refractivity contribution is 5.96. The summed E-state index contributed by atoms with van der Waals surface area (Å²) in [6, 6.07) is 13.1. The third-order valence-electron chi connectivity index (χ3n) is 4.88. The number of likely N-dealkylation sites (tertiary alicyclic amines) is 1. The van der Waals surface area contributed by atoms with Gasteiger partial charge in [0.15, 0.2) is 5.78 Å². The van der Waals surface area contributed by atoms with Gasteiger partial charge in [-0.1, -0.05) is 24.6 Å². The van der Waals surface area contributed by atoms with Crippen molar-refractivity contribution in [2.45, 2.75) is 38.6 Å². The first-order valence-corrected chi connectivity index (χ1v) is 9.72. The van der Waals surface area contributed by atoms with Gasteiger partial charge in [0.2, 0.25) is 0 Å². The van der Waals surface area contributed by atoms with Crippen LogP contribution in [0.15, 0.2) is 48.7 Å². The molecule has 1 amide bonds. The van der Waals surface area contributed by atoms with Crippen molar-refractivity contribution >= 4 is 11.7 Å². The van der Waals surface area contributed by atoms with Gasteiger partial charge in [-0.15, -0.1) is 0 Å². The van der Waals surface area contributed by atoms with Gasteiger partial charge in [-0.3, -0.25) is 19.5 Å². The number of nitrogens with zero attached hydrogens (tertiary/aromatic N) is 2. The molecule has 1 fully saturated rings. The summed E-state index contributed by atoms with van der Waals surface area (Å²) in [5.74, 6) is -0.201. The van der Waals surface area contributed by atoms with E-state index in [0.29, 0.717) is 18.4 Å². The first-order chi connectivity index (χ1) is 13.2. The highest BCUT2D eigenvalue weighted by atomic mass is 16.2. The van der Waals surface area contributed by atoms with E-state index in [9.17, 15) is 9.59 Å². The average molecular weight is 365 g/mol. The second-order valence-electron chi connectivity index (χ2n) is 7.08. The maximum absolute atomic E-state index is 12.1.